The number of urea groups is 1. The van der Waals surface area contributed by atoms with Gasteiger partial charge < -0.3 is 9.88 Å². The molecule has 6 nitrogen and oxygen atoms in total. The number of hydrogen-bond acceptors (Lipinski definition) is 4. The van der Waals surface area contributed by atoms with Gasteiger partial charge in [0.2, 0.25) is 5.91 Å². The summed E-state index contributed by atoms with van der Waals surface area (Å²) < 4.78 is 2.10. The average Bonchev–Trinajstić information content (AvgIpc) is 3.17. The quantitative estimate of drug-likeness (QED) is 0.790. The van der Waals surface area contributed by atoms with Gasteiger partial charge in [0.05, 0.1) is 5.25 Å². The molecule has 2 N–H and O–H groups in total. The Balaban J connectivity index is 1.82. The molecule has 0 saturated heterocycles. The number of carbonyl (C=O) groups is 2. The van der Waals surface area contributed by atoms with E-state index in [1.54, 1.807) is 13.1 Å². The van der Waals surface area contributed by atoms with Crippen molar-refractivity contribution in [2.24, 2.45) is 5.92 Å². The molecule has 3 amide bonds. The first-order chi connectivity index (χ1) is 9.97. The first kappa shape index (κ1) is 15.9. The maximum absolute atomic E-state index is 12.0. The lowest BCUT2D eigenvalue weighted by Gasteiger charge is -2.13. The summed E-state index contributed by atoms with van der Waals surface area (Å²) in [5.41, 5.74) is 0. The van der Waals surface area contributed by atoms with Crippen molar-refractivity contribution in [3.8, 4) is 0 Å². The zero-order valence-corrected chi connectivity index (χ0v) is 13.4. The van der Waals surface area contributed by atoms with Gasteiger partial charge in [-0.25, -0.2) is 9.78 Å². The Bertz CT molecular complexity index is 511. The van der Waals surface area contributed by atoms with Crippen molar-refractivity contribution in [1.82, 2.24) is 20.2 Å². The van der Waals surface area contributed by atoms with E-state index in [0.29, 0.717) is 18.5 Å². The zero-order chi connectivity index (χ0) is 15.4. The van der Waals surface area contributed by atoms with Crippen LogP contribution in [-0.2, 0) is 4.79 Å². The van der Waals surface area contributed by atoms with Crippen LogP contribution < -0.4 is 10.6 Å². The summed E-state index contributed by atoms with van der Waals surface area (Å²) in [6, 6.07) is 0.0892. The summed E-state index contributed by atoms with van der Waals surface area (Å²) in [6.45, 7) is 6.32. The highest BCUT2D eigenvalue weighted by molar-refractivity contribution is 8.00. The number of nitrogens with zero attached hydrogens (tertiary/aromatic N) is 2. The second-order valence-corrected chi connectivity index (χ2v) is 7.01. The van der Waals surface area contributed by atoms with Crippen molar-refractivity contribution in [2.45, 2.75) is 50.1 Å². The van der Waals surface area contributed by atoms with Crippen LogP contribution in [0.5, 0.6) is 0 Å². The number of thioether (sulfide) groups is 1. The lowest BCUT2D eigenvalue weighted by molar-refractivity contribution is -0.119. The molecule has 1 saturated carbocycles. The second-order valence-electron chi connectivity index (χ2n) is 5.70. The summed E-state index contributed by atoms with van der Waals surface area (Å²) in [6.07, 6.45) is 6.03. The summed E-state index contributed by atoms with van der Waals surface area (Å²) in [7, 11) is 0. The van der Waals surface area contributed by atoms with Crippen molar-refractivity contribution < 1.29 is 9.59 Å². The molecule has 0 aromatic carbocycles. The molecular weight excluding hydrogens is 288 g/mol. The largest absolute Gasteiger partial charge is 0.338 e. The number of imide groups is 1. The molecule has 0 bridgehead atoms. The molecule has 1 aliphatic carbocycles. The van der Waals surface area contributed by atoms with Gasteiger partial charge in [-0.3, -0.25) is 10.1 Å². The predicted octanol–water partition coefficient (Wildman–Crippen LogP) is 2.18. The van der Waals surface area contributed by atoms with E-state index in [9.17, 15) is 9.59 Å². The normalized spacial score (nSPS) is 15.8. The van der Waals surface area contributed by atoms with E-state index in [2.05, 4.69) is 20.2 Å². The molecular formula is C14H22N4O2S. The molecule has 1 unspecified atom stereocenters. The Morgan fingerprint density at radius 3 is 2.76 bits per heavy atom. The minimum atomic E-state index is -0.438. The molecule has 1 aromatic heterocycles. The van der Waals surface area contributed by atoms with Gasteiger partial charge in [-0.2, -0.15) is 0 Å². The van der Waals surface area contributed by atoms with Gasteiger partial charge in [0.15, 0.2) is 5.16 Å². The minimum absolute atomic E-state index is 0.299. The van der Waals surface area contributed by atoms with Crippen LogP contribution in [0.25, 0.3) is 0 Å². The number of amides is 3. The lowest BCUT2D eigenvalue weighted by Crippen LogP contribution is -2.43. The van der Waals surface area contributed by atoms with Gasteiger partial charge in [-0.15, -0.1) is 0 Å². The number of aromatic nitrogens is 2. The maximum atomic E-state index is 12.0. The number of nitrogens with one attached hydrogen (secondary N) is 2. The molecule has 0 radical (unpaired) electrons. The Hall–Kier alpha value is -1.50. The molecule has 0 aliphatic heterocycles. The molecule has 1 aliphatic rings. The molecule has 116 valence electrons. The van der Waals surface area contributed by atoms with Crippen LogP contribution in [-0.4, -0.2) is 33.3 Å². The summed E-state index contributed by atoms with van der Waals surface area (Å²) >= 11 is 1.38. The fraction of sp³-hybridized carbons (Fsp3) is 0.643. The van der Waals surface area contributed by atoms with E-state index in [0.717, 1.165) is 5.16 Å². The highest BCUT2D eigenvalue weighted by Gasteiger charge is 2.27. The van der Waals surface area contributed by atoms with Gasteiger partial charge in [-0.05, 0) is 25.7 Å². The third-order valence-electron chi connectivity index (χ3n) is 3.13. The average molecular weight is 310 g/mol. The summed E-state index contributed by atoms with van der Waals surface area (Å²) in [4.78, 5) is 27.9. The SMILES string of the molecule is CC(C)CNC(=O)NC(=O)C(C)Sc1nccn1C1CC1. The van der Waals surface area contributed by atoms with Crippen LogP contribution in [0.4, 0.5) is 4.79 Å². The smallest absolute Gasteiger partial charge is 0.321 e. The third-order valence-corrected chi connectivity index (χ3v) is 4.23. The Labute approximate surface area is 129 Å². The van der Waals surface area contributed by atoms with E-state index >= 15 is 0 Å². The standard InChI is InChI=1S/C14H22N4O2S/c1-9(2)8-16-13(20)17-12(19)10(3)21-14-15-6-7-18(14)11-4-5-11/h6-7,9-11H,4-5,8H2,1-3H3,(H2,16,17,19,20). The van der Waals surface area contributed by atoms with Crippen molar-refractivity contribution in [1.29, 1.82) is 0 Å². The Kier molecular flexibility index (Phi) is 5.27. The molecule has 2 rings (SSSR count). The van der Waals surface area contributed by atoms with Crippen molar-refractivity contribution in [3.05, 3.63) is 12.4 Å². The molecule has 1 fully saturated rings. The number of carbonyl (C=O) groups excluding carboxylic acids is 2. The van der Waals surface area contributed by atoms with E-state index in [-0.39, 0.29) is 11.2 Å². The Morgan fingerprint density at radius 2 is 2.14 bits per heavy atom. The molecule has 7 heteroatoms. The van der Waals surface area contributed by atoms with Crippen LogP contribution in [0.2, 0.25) is 0 Å². The van der Waals surface area contributed by atoms with Crippen molar-refractivity contribution in [3.63, 3.8) is 0 Å². The van der Waals surface area contributed by atoms with Crippen molar-refractivity contribution >= 4 is 23.7 Å². The molecule has 0 spiro atoms. The van der Waals surface area contributed by atoms with Crippen LogP contribution in [0, 0.1) is 5.92 Å². The summed E-state index contributed by atoms with van der Waals surface area (Å²) in [5, 5.41) is 5.50. The Morgan fingerprint density at radius 1 is 1.43 bits per heavy atom. The van der Waals surface area contributed by atoms with Gasteiger partial charge in [0, 0.05) is 25.0 Å². The first-order valence-electron chi connectivity index (χ1n) is 7.25. The fourth-order valence-corrected chi connectivity index (χ4v) is 2.72. The number of rotatable bonds is 6. The van der Waals surface area contributed by atoms with Gasteiger partial charge >= 0.3 is 6.03 Å². The van der Waals surface area contributed by atoms with Crippen LogP contribution in [0.3, 0.4) is 0 Å². The second kappa shape index (κ2) is 6.98. The van der Waals surface area contributed by atoms with Gasteiger partial charge in [-0.1, -0.05) is 25.6 Å². The fourth-order valence-electron chi connectivity index (χ4n) is 1.79. The van der Waals surface area contributed by atoms with Gasteiger partial charge in [0.1, 0.15) is 0 Å². The van der Waals surface area contributed by atoms with E-state index in [1.165, 1.54) is 24.6 Å². The lowest BCUT2D eigenvalue weighted by atomic mass is 10.2. The van der Waals surface area contributed by atoms with Crippen LogP contribution in [0.15, 0.2) is 17.6 Å². The van der Waals surface area contributed by atoms with E-state index in [4.69, 9.17) is 0 Å². The van der Waals surface area contributed by atoms with Crippen LogP contribution in [0.1, 0.15) is 39.7 Å². The van der Waals surface area contributed by atoms with E-state index < -0.39 is 6.03 Å². The monoisotopic (exact) mass is 310 g/mol. The number of hydrogen-bond donors (Lipinski definition) is 2. The third kappa shape index (κ3) is 4.77. The maximum Gasteiger partial charge on any atom is 0.321 e. The predicted molar refractivity (Wildman–Crippen MR) is 82.2 cm³/mol. The first-order valence-corrected chi connectivity index (χ1v) is 8.13. The highest BCUT2D eigenvalue weighted by Crippen LogP contribution is 2.38. The van der Waals surface area contributed by atoms with Crippen LogP contribution >= 0.6 is 11.8 Å². The van der Waals surface area contributed by atoms with Gasteiger partial charge in [0.25, 0.3) is 0 Å². The number of imidazole rings is 1. The zero-order valence-electron chi connectivity index (χ0n) is 12.6. The molecule has 1 atom stereocenters. The van der Waals surface area contributed by atoms with E-state index in [1.807, 2.05) is 20.0 Å². The minimum Gasteiger partial charge on any atom is -0.338 e. The topological polar surface area (TPSA) is 76.0 Å². The molecule has 1 aromatic rings. The van der Waals surface area contributed by atoms with Crippen molar-refractivity contribution in [2.75, 3.05) is 6.54 Å². The highest BCUT2D eigenvalue weighted by atomic mass is 32.2. The molecule has 21 heavy (non-hydrogen) atoms. The molecule has 1 heterocycles. The summed E-state index contributed by atoms with van der Waals surface area (Å²) in [5.74, 6) is 0.0512.